The van der Waals surface area contributed by atoms with E-state index in [0.717, 1.165) is 0 Å². The lowest BCUT2D eigenvalue weighted by Crippen LogP contribution is -2.11. The highest BCUT2D eigenvalue weighted by Gasteiger charge is 2.18. The molecule has 0 atom stereocenters. The number of benzene rings is 1. The second kappa shape index (κ2) is 6.62. The van der Waals surface area contributed by atoms with Crippen molar-refractivity contribution in [1.82, 2.24) is 9.97 Å². The minimum Gasteiger partial charge on any atom is -0.493 e. The van der Waals surface area contributed by atoms with E-state index < -0.39 is 0 Å². The number of anilines is 1. The monoisotopic (exact) mass is 292 g/mol. The number of hydrogen-bond acceptors (Lipinski definition) is 8. The van der Waals surface area contributed by atoms with Gasteiger partial charge >= 0.3 is 0 Å². The summed E-state index contributed by atoms with van der Waals surface area (Å²) < 4.78 is 21.5. The molecule has 3 N–H and O–H groups in total. The van der Waals surface area contributed by atoms with Gasteiger partial charge < -0.3 is 24.4 Å². The first-order valence-corrected chi connectivity index (χ1v) is 5.99. The van der Waals surface area contributed by atoms with Gasteiger partial charge in [0.05, 0.1) is 21.3 Å². The Morgan fingerprint density at radius 1 is 0.952 bits per heavy atom. The van der Waals surface area contributed by atoms with Gasteiger partial charge in [-0.2, -0.15) is 4.98 Å². The summed E-state index contributed by atoms with van der Waals surface area (Å²) >= 11 is 0. The van der Waals surface area contributed by atoms with Gasteiger partial charge in [-0.15, -0.1) is 0 Å². The molecule has 0 saturated carbocycles. The summed E-state index contributed by atoms with van der Waals surface area (Å²) in [6.07, 6.45) is 1.30. The van der Waals surface area contributed by atoms with Crippen LogP contribution < -0.4 is 30.2 Å². The summed E-state index contributed by atoms with van der Waals surface area (Å²) in [5, 5.41) is 0. The molecule has 0 unspecified atom stereocenters. The Bertz CT molecular complexity index is 599. The molecule has 0 bridgehead atoms. The molecular weight excluding hydrogens is 276 g/mol. The summed E-state index contributed by atoms with van der Waals surface area (Å²) in [6.45, 7) is 0. The van der Waals surface area contributed by atoms with Crippen molar-refractivity contribution in [2.75, 3.05) is 26.8 Å². The Morgan fingerprint density at radius 3 is 2.14 bits per heavy atom. The first kappa shape index (κ1) is 14.7. The number of methoxy groups -OCH3 is 3. The lowest BCUT2D eigenvalue weighted by atomic mass is 10.3. The van der Waals surface area contributed by atoms with Crippen LogP contribution in [0.5, 0.6) is 28.9 Å². The van der Waals surface area contributed by atoms with Gasteiger partial charge in [-0.1, -0.05) is 6.07 Å². The maximum atomic E-state index is 5.77. The molecule has 0 aliphatic heterocycles. The van der Waals surface area contributed by atoms with E-state index in [0.29, 0.717) is 23.1 Å². The fourth-order valence-electron chi connectivity index (χ4n) is 1.73. The predicted molar refractivity (Wildman–Crippen MR) is 76.0 cm³/mol. The van der Waals surface area contributed by atoms with Crippen LogP contribution in [0, 0.1) is 0 Å². The normalized spacial score (nSPS) is 9.90. The second-order valence-electron chi connectivity index (χ2n) is 3.80. The maximum absolute atomic E-state index is 5.77. The molecule has 2 rings (SSSR count). The quantitative estimate of drug-likeness (QED) is 0.611. The standard InChI is InChI=1S/C13H16N4O4/c1-18-8-5-4-6-9(19-2)10(8)21-13-11(20-3)12(17-14)15-7-16-13/h4-7H,14H2,1-3H3,(H,15,16,17). The first-order valence-electron chi connectivity index (χ1n) is 5.99. The number of nitrogens with one attached hydrogen (secondary N) is 1. The fraction of sp³-hybridized carbons (Fsp3) is 0.231. The SMILES string of the molecule is COc1cccc(OC)c1Oc1ncnc(NN)c1OC. The fourth-order valence-corrected chi connectivity index (χ4v) is 1.73. The van der Waals surface area contributed by atoms with Gasteiger partial charge in [0.15, 0.2) is 17.3 Å². The summed E-state index contributed by atoms with van der Waals surface area (Å²) in [5.74, 6) is 7.50. The molecule has 112 valence electrons. The molecule has 0 aliphatic carbocycles. The van der Waals surface area contributed by atoms with Crippen molar-refractivity contribution >= 4 is 5.82 Å². The zero-order valence-corrected chi connectivity index (χ0v) is 11.9. The molecule has 8 heteroatoms. The van der Waals surface area contributed by atoms with Crippen LogP contribution in [0.15, 0.2) is 24.5 Å². The van der Waals surface area contributed by atoms with Crippen LogP contribution in [0.4, 0.5) is 5.82 Å². The van der Waals surface area contributed by atoms with E-state index in [1.807, 2.05) is 0 Å². The van der Waals surface area contributed by atoms with Gasteiger partial charge in [0.25, 0.3) is 5.88 Å². The first-order chi connectivity index (χ1) is 10.2. The van der Waals surface area contributed by atoms with Gasteiger partial charge in [-0.3, -0.25) is 0 Å². The van der Waals surface area contributed by atoms with Crippen LogP contribution in [-0.2, 0) is 0 Å². The van der Waals surface area contributed by atoms with Gasteiger partial charge in [0.2, 0.25) is 11.5 Å². The molecule has 21 heavy (non-hydrogen) atoms. The molecule has 0 saturated heterocycles. The Kier molecular flexibility index (Phi) is 4.62. The molecule has 0 radical (unpaired) electrons. The molecular formula is C13H16N4O4. The van der Waals surface area contributed by atoms with E-state index in [1.54, 1.807) is 18.2 Å². The van der Waals surface area contributed by atoms with Gasteiger partial charge in [-0.05, 0) is 12.1 Å². The van der Waals surface area contributed by atoms with Crippen molar-refractivity contribution in [2.45, 2.75) is 0 Å². The highest BCUT2D eigenvalue weighted by atomic mass is 16.6. The lowest BCUT2D eigenvalue weighted by Gasteiger charge is -2.15. The topological polar surface area (TPSA) is 101 Å². The molecule has 8 nitrogen and oxygen atoms in total. The van der Waals surface area contributed by atoms with Crippen molar-refractivity contribution in [1.29, 1.82) is 0 Å². The Labute approximate surface area is 121 Å². The largest absolute Gasteiger partial charge is 0.493 e. The highest BCUT2D eigenvalue weighted by Crippen LogP contribution is 2.42. The van der Waals surface area contributed by atoms with E-state index in [1.165, 1.54) is 27.7 Å². The van der Waals surface area contributed by atoms with Gasteiger partial charge in [0.1, 0.15) is 6.33 Å². The number of nitrogens with two attached hydrogens (primary N) is 1. The molecule has 0 amide bonds. The number of rotatable bonds is 6. The van der Waals surface area contributed by atoms with Crippen LogP contribution in [0.25, 0.3) is 0 Å². The Hall–Kier alpha value is -2.74. The zero-order chi connectivity index (χ0) is 15.2. The average molecular weight is 292 g/mol. The Morgan fingerprint density at radius 2 is 1.62 bits per heavy atom. The molecule has 2 aromatic rings. The summed E-state index contributed by atoms with van der Waals surface area (Å²) in [5.41, 5.74) is 2.41. The van der Waals surface area contributed by atoms with E-state index in [2.05, 4.69) is 15.4 Å². The number of aromatic nitrogens is 2. The predicted octanol–water partition coefficient (Wildman–Crippen LogP) is 1.58. The summed E-state index contributed by atoms with van der Waals surface area (Å²) in [4.78, 5) is 7.98. The van der Waals surface area contributed by atoms with Crippen LogP contribution in [0.2, 0.25) is 0 Å². The molecule has 0 fully saturated rings. The van der Waals surface area contributed by atoms with Crippen LogP contribution >= 0.6 is 0 Å². The van der Waals surface area contributed by atoms with Gasteiger partial charge in [0, 0.05) is 0 Å². The highest BCUT2D eigenvalue weighted by molar-refractivity contribution is 5.58. The van der Waals surface area contributed by atoms with Gasteiger partial charge in [-0.25, -0.2) is 10.8 Å². The smallest absolute Gasteiger partial charge is 0.268 e. The van der Waals surface area contributed by atoms with E-state index in [4.69, 9.17) is 24.8 Å². The lowest BCUT2D eigenvalue weighted by molar-refractivity contribution is 0.326. The third kappa shape index (κ3) is 2.90. The Balaban J connectivity index is 2.47. The number of hydrazine groups is 1. The van der Waals surface area contributed by atoms with Crippen molar-refractivity contribution < 1.29 is 18.9 Å². The number of ether oxygens (including phenoxy) is 4. The number of nitrogen functional groups attached to an aromatic ring is 1. The zero-order valence-electron chi connectivity index (χ0n) is 11.9. The molecule has 1 heterocycles. The average Bonchev–Trinajstić information content (AvgIpc) is 2.54. The van der Waals surface area contributed by atoms with Crippen molar-refractivity contribution in [2.24, 2.45) is 5.84 Å². The second-order valence-corrected chi connectivity index (χ2v) is 3.80. The molecule has 0 aliphatic rings. The number of para-hydroxylation sites is 1. The van der Waals surface area contributed by atoms with E-state index >= 15 is 0 Å². The summed E-state index contributed by atoms with van der Waals surface area (Å²) in [7, 11) is 4.53. The number of nitrogens with zero attached hydrogens (tertiary/aromatic N) is 2. The maximum Gasteiger partial charge on any atom is 0.268 e. The van der Waals surface area contributed by atoms with Crippen LogP contribution in [-0.4, -0.2) is 31.3 Å². The van der Waals surface area contributed by atoms with Crippen molar-refractivity contribution in [3.63, 3.8) is 0 Å². The minimum atomic E-state index is 0.184. The van der Waals surface area contributed by atoms with Crippen LogP contribution in [0.3, 0.4) is 0 Å². The third-order valence-corrected chi connectivity index (χ3v) is 2.69. The molecule has 1 aromatic carbocycles. The molecule has 0 spiro atoms. The third-order valence-electron chi connectivity index (χ3n) is 2.69. The number of hydrogen-bond donors (Lipinski definition) is 2. The van der Waals surface area contributed by atoms with Crippen molar-refractivity contribution in [3.05, 3.63) is 24.5 Å². The summed E-state index contributed by atoms with van der Waals surface area (Å²) in [6, 6.07) is 5.27. The van der Waals surface area contributed by atoms with Crippen LogP contribution in [0.1, 0.15) is 0 Å². The van der Waals surface area contributed by atoms with E-state index in [-0.39, 0.29) is 11.6 Å². The van der Waals surface area contributed by atoms with Crippen molar-refractivity contribution in [3.8, 4) is 28.9 Å². The molecule has 1 aromatic heterocycles. The van der Waals surface area contributed by atoms with E-state index in [9.17, 15) is 0 Å². The minimum absolute atomic E-state index is 0.184.